The minimum Gasteiger partial charge on any atom is -0.486 e. The Hall–Kier alpha value is -1.47. The van der Waals surface area contributed by atoms with Crippen molar-refractivity contribution in [1.29, 1.82) is 0 Å². The number of thiazole rings is 1. The summed E-state index contributed by atoms with van der Waals surface area (Å²) in [7, 11) is 0. The zero-order valence-corrected chi connectivity index (χ0v) is 16.3. The smallest absolute Gasteiger partial charge is 0.140 e. The van der Waals surface area contributed by atoms with Crippen LogP contribution in [0.4, 0.5) is 0 Å². The van der Waals surface area contributed by atoms with Gasteiger partial charge in [0.2, 0.25) is 0 Å². The van der Waals surface area contributed by atoms with Gasteiger partial charge in [0, 0.05) is 57.2 Å². The molecule has 1 unspecified atom stereocenters. The lowest BCUT2D eigenvalue weighted by atomic mass is 10.2. The molecule has 1 atom stereocenters. The number of rotatable bonds is 6. The van der Waals surface area contributed by atoms with Crippen LogP contribution in [0.1, 0.15) is 22.7 Å². The fourth-order valence-corrected chi connectivity index (χ4v) is 4.49. The van der Waals surface area contributed by atoms with Gasteiger partial charge in [0.25, 0.3) is 0 Å². The van der Waals surface area contributed by atoms with Crippen LogP contribution in [-0.4, -0.2) is 60.1 Å². The van der Waals surface area contributed by atoms with Crippen molar-refractivity contribution in [3.63, 3.8) is 0 Å². The summed E-state index contributed by atoms with van der Waals surface area (Å²) in [6.45, 7) is 10.6. The predicted octanol–water partition coefficient (Wildman–Crippen LogP) is 2.51. The maximum atomic E-state index is 5.85. The molecule has 2 aliphatic heterocycles. The fourth-order valence-electron chi connectivity index (χ4n) is 3.80. The highest BCUT2D eigenvalue weighted by molar-refractivity contribution is 7.09. The predicted molar refractivity (Wildman–Crippen MR) is 106 cm³/mol. The van der Waals surface area contributed by atoms with E-state index in [4.69, 9.17) is 9.72 Å². The second kappa shape index (κ2) is 8.48. The topological polar surface area (TPSA) is 40.6 Å². The first-order valence-corrected chi connectivity index (χ1v) is 10.4. The summed E-state index contributed by atoms with van der Waals surface area (Å²) < 4.78 is 5.85. The lowest BCUT2D eigenvalue weighted by Gasteiger charge is -2.32. The van der Waals surface area contributed by atoms with Crippen LogP contribution in [0.25, 0.3) is 0 Å². The molecule has 1 aromatic carbocycles. The standard InChI is InChI=1S/C20H28N4OS/c1-16-2-4-19(5-3-16)25-14-20-22-17(15-26-20)12-23-9-6-18(13-23)24-10-7-21-8-11-24/h2-5,15,18,21H,6-14H2,1H3. The fraction of sp³-hybridized carbons (Fsp3) is 0.550. The number of nitrogens with zero attached hydrogens (tertiary/aromatic N) is 3. The second-order valence-corrected chi connectivity index (χ2v) is 8.24. The van der Waals surface area contributed by atoms with E-state index in [0.29, 0.717) is 6.61 Å². The summed E-state index contributed by atoms with van der Waals surface area (Å²) in [5.41, 5.74) is 2.43. The number of ether oxygens (including phenoxy) is 1. The summed E-state index contributed by atoms with van der Waals surface area (Å²) in [6, 6.07) is 8.91. The van der Waals surface area contributed by atoms with Crippen molar-refractivity contribution < 1.29 is 4.74 Å². The molecule has 2 saturated heterocycles. The molecule has 0 bridgehead atoms. The molecule has 2 fully saturated rings. The molecule has 2 aliphatic rings. The summed E-state index contributed by atoms with van der Waals surface area (Å²) >= 11 is 1.70. The van der Waals surface area contributed by atoms with Crippen LogP contribution >= 0.6 is 11.3 Å². The van der Waals surface area contributed by atoms with Gasteiger partial charge in [-0.25, -0.2) is 4.98 Å². The van der Waals surface area contributed by atoms with Crippen LogP contribution in [-0.2, 0) is 13.2 Å². The highest BCUT2D eigenvalue weighted by atomic mass is 32.1. The van der Waals surface area contributed by atoms with Crippen LogP contribution < -0.4 is 10.1 Å². The number of likely N-dealkylation sites (tertiary alicyclic amines) is 1. The third kappa shape index (κ3) is 4.62. The minimum atomic E-state index is 0.553. The number of hydrogen-bond acceptors (Lipinski definition) is 6. The molecule has 1 aromatic heterocycles. The molecule has 3 heterocycles. The molecule has 0 spiro atoms. The van der Waals surface area contributed by atoms with Crippen LogP contribution in [0.15, 0.2) is 29.6 Å². The van der Waals surface area contributed by atoms with Gasteiger partial charge in [-0.05, 0) is 25.5 Å². The third-order valence-electron chi connectivity index (χ3n) is 5.28. The zero-order valence-electron chi connectivity index (χ0n) is 15.5. The Kier molecular flexibility index (Phi) is 5.84. The van der Waals surface area contributed by atoms with Crippen molar-refractivity contribution in [2.45, 2.75) is 32.5 Å². The molecular formula is C20H28N4OS. The zero-order chi connectivity index (χ0) is 17.8. The van der Waals surface area contributed by atoms with Crippen molar-refractivity contribution >= 4 is 11.3 Å². The summed E-state index contributed by atoms with van der Waals surface area (Å²) in [4.78, 5) is 9.97. The lowest BCUT2D eigenvalue weighted by Crippen LogP contribution is -2.49. The van der Waals surface area contributed by atoms with Gasteiger partial charge in [0.05, 0.1) is 5.69 Å². The van der Waals surface area contributed by atoms with Crippen LogP contribution in [0, 0.1) is 6.92 Å². The number of nitrogens with one attached hydrogen (secondary N) is 1. The Morgan fingerprint density at radius 1 is 1.19 bits per heavy atom. The Balaban J connectivity index is 1.25. The van der Waals surface area contributed by atoms with Crippen LogP contribution in [0.2, 0.25) is 0 Å². The molecule has 140 valence electrons. The average molecular weight is 373 g/mol. The molecule has 0 aliphatic carbocycles. The number of aromatic nitrogens is 1. The van der Waals surface area contributed by atoms with E-state index in [2.05, 4.69) is 39.6 Å². The van der Waals surface area contributed by atoms with Crippen molar-refractivity contribution in [2.75, 3.05) is 39.3 Å². The van der Waals surface area contributed by atoms with E-state index in [0.717, 1.165) is 36.4 Å². The molecule has 26 heavy (non-hydrogen) atoms. The second-order valence-electron chi connectivity index (χ2n) is 7.30. The molecule has 5 nitrogen and oxygen atoms in total. The van der Waals surface area contributed by atoms with Crippen LogP contribution in [0.5, 0.6) is 5.75 Å². The Morgan fingerprint density at radius 3 is 2.81 bits per heavy atom. The number of hydrogen-bond donors (Lipinski definition) is 1. The largest absolute Gasteiger partial charge is 0.486 e. The summed E-state index contributed by atoms with van der Waals surface area (Å²) in [5, 5.41) is 6.68. The minimum absolute atomic E-state index is 0.553. The van der Waals surface area contributed by atoms with Gasteiger partial charge in [0.15, 0.2) is 0 Å². The first-order valence-electron chi connectivity index (χ1n) is 9.56. The van der Waals surface area contributed by atoms with E-state index >= 15 is 0 Å². The van der Waals surface area contributed by atoms with E-state index in [9.17, 15) is 0 Å². The van der Waals surface area contributed by atoms with Gasteiger partial charge in [-0.1, -0.05) is 17.7 Å². The number of benzene rings is 1. The Labute approximate surface area is 160 Å². The van der Waals surface area contributed by atoms with Crippen molar-refractivity contribution in [3.05, 3.63) is 45.9 Å². The highest BCUT2D eigenvalue weighted by Gasteiger charge is 2.28. The highest BCUT2D eigenvalue weighted by Crippen LogP contribution is 2.20. The molecule has 0 radical (unpaired) electrons. The Bertz CT molecular complexity index is 696. The summed E-state index contributed by atoms with van der Waals surface area (Å²) in [6.07, 6.45) is 1.29. The maximum Gasteiger partial charge on any atom is 0.140 e. The third-order valence-corrected chi connectivity index (χ3v) is 6.15. The SMILES string of the molecule is Cc1ccc(OCc2nc(CN3CCC(N4CCNCC4)C3)cs2)cc1. The van der Waals surface area contributed by atoms with Gasteiger partial charge in [-0.3, -0.25) is 9.80 Å². The van der Waals surface area contributed by atoms with Gasteiger partial charge in [-0.2, -0.15) is 0 Å². The van der Waals surface area contributed by atoms with Gasteiger partial charge >= 0.3 is 0 Å². The van der Waals surface area contributed by atoms with Crippen molar-refractivity contribution in [1.82, 2.24) is 20.1 Å². The van der Waals surface area contributed by atoms with E-state index in [1.54, 1.807) is 11.3 Å². The van der Waals surface area contributed by atoms with Gasteiger partial charge in [-0.15, -0.1) is 11.3 Å². The molecule has 0 amide bonds. The lowest BCUT2D eigenvalue weighted by molar-refractivity contribution is 0.170. The molecule has 0 saturated carbocycles. The average Bonchev–Trinajstić information content (AvgIpc) is 3.32. The van der Waals surface area contributed by atoms with Gasteiger partial charge < -0.3 is 10.1 Å². The number of piperazine rings is 1. The quantitative estimate of drug-likeness (QED) is 0.844. The molecule has 1 N–H and O–H groups in total. The first kappa shape index (κ1) is 17.9. The molecule has 6 heteroatoms. The monoisotopic (exact) mass is 372 g/mol. The van der Waals surface area contributed by atoms with E-state index < -0.39 is 0 Å². The maximum absolute atomic E-state index is 5.85. The molecular weight excluding hydrogens is 344 g/mol. The Morgan fingerprint density at radius 2 is 2.00 bits per heavy atom. The first-order chi connectivity index (χ1) is 12.8. The molecule has 4 rings (SSSR count). The number of aryl methyl sites for hydroxylation is 1. The van der Waals surface area contributed by atoms with Crippen LogP contribution in [0.3, 0.4) is 0 Å². The van der Waals surface area contributed by atoms with Gasteiger partial charge in [0.1, 0.15) is 17.4 Å². The van der Waals surface area contributed by atoms with E-state index in [1.807, 2.05) is 12.1 Å². The van der Waals surface area contributed by atoms with E-state index in [1.165, 1.54) is 43.9 Å². The van der Waals surface area contributed by atoms with Crippen molar-refractivity contribution in [2.24, 2.45) is 0 Å². The van der Waals surface area contributed by atoms with E-state index in [-0.39, 0.29) is 0 Å². The molecule has 2 aromatic rings. The van der Waals surface area contributed by atoms with Crippen molar-refractivity contribution in [3.8, 4) is 5.75 Å². The summed E-state index contributed by atoms with van der Waals surface area (Å²) in [5.74, 6) is 0.908. The normalized spacial score (nSPS) is 22.0.